The largest absolute Gasteiger partial charge is 0.391 e. The predicted octanol–water partition coefficient (Wildman–Crippen LogP) is 1.45. The molecule has 1 aromatic rings. The van der Waals surface area contributed by atoms with Crippen LogP contribution in [0.4, 0.5) is 5.69 Å². The molecule has 1 aliphatic rings. The summed E-state index contributed by atoms with van der Waals surface area (Å²) in [5.41, 5.74) is 1.27. The van der Waals surface area contributed by atoms with Gasteiger partial charge in [0.25, 0.3) is 5.91 Å². The minimum atomic E-state index is -3.54. The average molecular weight is 338 g/mol. The Morgan fingerprint density at radius 2 is 2.17 bits per heavy atom. The standard InChI is InChI=1S/C16H22N2O4S/c1-4-12-13(16(20)17-2)7-8-14(15(12)23(3,21)22)18-9-5-6-11(19)10-18/h7-8,11,19H,2,4-6,9-10H2,1,3H3. The first kappa shape index (κ1) is 17.6. The number of nitrogens with zero attached hydrogens (tertiary/aromatic N) is 2. The number of β-amino-alcohol motifs (C(OH)–C–C–N with tert-alkyl or cyclic N) is 1. The molecule has 1 aromatic carbocycles. The third-order valence-electron chi connectivity index (χ3n) is 4.08. The monoisotopic (exact) mass is 338 g/mol. The topological polar surface area (TPSA) is 87.0 Å². The maximum Gasteiger partial charge on any atom is 0.276 e. The number of carbonyl (C=O) groups is 1. The van der Waals surface area contributed by atoms with E-state index in [9.17, 15) is 18.3 Å². The summed E-state index contributed by atoms with van der Waals surface area (Å²) in [6.07, 6.45) is 2.56. The average Bonchev–Trinajstić information content (AvgIpc) is 2.51. The molecule has 0 saturated carbocycles. The van der Waals surface area contributed by atoms with Gasteiger partial charge in [0.15, 0.2) is 9.84 Å². The van der Waals surface area contributed by atoms with Gasteiger partial charge in [-0.3, -0.25) is 4.79 Å². The number of sulfone groups is 1. The second-order valence-corrected chi connectivity index (χ2v) is 7.72. The van der Waals surface area contributed by atoms with E-state index < -0.39 is 21.8 Å². The molecule has 1 N–H and O–H groups in total. The summed E-state index contributed by atoms with van der Waals surface area (Å²) < 4.78 is 24.7. The molecule has 1 unspecified atom stereocenters. The van der Waals surface area contributed by atoms with Gasteiger partial charge < -0.3 is 10.0 Å². The van der Waals surface area contributed by atoms with E-state index in [1.807, 2.05) is 4.90 Å². The zero-order valence-corrected chi connectivity index (χ0v) is 14.3. The van der Waals surface area contributed by atoms with E-state index in [0.717, 1.165) is 12.7 Å². The first-order valence-electron chi connectivity index (χ1n) is 7.59. The molecule has 0 bridgehead atoms. The second kappa shape index (κ2) is 6.80. The van der Waals surface area contributed by atoms with Gasteiger partial charge in [-0.05, 0) is 43.7 Å². The van der Waals surface area contributed by atoms with Crippen molar-refractivity contribution in [1.29, 1.82) is 0 Å². The third kappa shape index (κ3) is 3.61. The molecule has 0 aliphatic carbocycles. The second-order valence-electron chi connectivity index (χ2n) is 5.77. The first-order valence-corrected chi connectivity index (χ1v) is 9.48. The number of aliphatic hydroxyl groups is 1. The van der Waals surface area contributed by atoms with Crippen LogP contribution in [-0.2, 0) is 16.3 Å². The fourth-order valence-corrected chi connectivity index (χ4v) is 4.37. The Bertz CT molecular complexity index is 728. The molecule has 1 aliphatic heterocycles. The molecule has 2 rings (SSSR count). The molecule has 1 saturated heterocycles. The molecule has 1 atom stereocenters. The van der Waals surface area contributed by atoms with Crippen LogP contribution < -0.4 is 4.90 Å². The lowest BCUT2D eigenvalue weighted by Crippen LogP contribution is -2.39. The molecule has 1 fully saturated rings. The van der Waals surface area contributed by atoms with Gasteiger partial charge in [0, 0.05) is 24.9 Å². The van der Waals surface area contributed by atoms with Crippen molar-refractivity contribution >= 4 is 28.1 Å². The van der Waals surface area contributed by atoms with Crippen LogP contribution in [0.15, 0.2) is 22.0 Å². The molecule has 1 heterocycles. The predicted molar refractivity (Wildman–Crippen MR) is 90.3 cm³/mol. The number of hydrogen-bond acceptors (Lipinski definition) is 5. The number of amides is 1. The first-order chi connectivity index (χ1) is 10.8. The van der Waals surface area contributed by atoms with E-state index in [1.54, 1.807) is 19.1 Å². The number of anilines is 1. The van der Waals surface area contributed by atoms with Crippen LogP contribution in [0.3, 0.4) is 0 Å². The molecule has 0 spiro atoms. The SMILES string of the molecule is C=NC(=O)c1ccc(N2CCCC(O)C2)c(S(C)(=O)=O)c1CC. The van der Waals surface area contributed by atoms with Crippen molar-refractivity contribution in [2.45, 2.75) is 37.2 Å². The van der Waals surface area contributed by atoms with Crippen molar-refractivity contribution in [3.05, 3.63) is 23.3 Å². The number of aliphatic hydroxyl groups excluding tert-OH is 1. The van der Waals surface area contributed by atoms with E-state index in [0.29, 0.717) is 37.2 Å². The Balaban J connectivity index is 2.68. The number of hydrogen-bond donors (Lipinski definition) is 1. The lowest BCUT2D eigenvalue weighted by atomic mass is 10.0. The normalized spacial score (nSPS) is 18.7. The lowest BCUT2D eigenvalue weighted by Gasteiger charge is -2.33. The van der Waals surface area contributed by atoms with E-state index in [4.69, 9.17) is 0 Å². The Hall–Kier alpha value is -1.73. The van der Waals surface area contributed by atoms with E-state index in [2.05, 4.69) is 11.7 Å². The molecule has 0 radical (unpaired) electrons. The minimum Gasteiger partial charge on any atom is -0.391 e. The maximum absolute atomic E-state index is 12.4. The zero-order valence-electron chi connectivity index (χ0n) is 13.4. The Morgan fingerprint density at radius 3 is 2.70 bits per heavy atom. The van der Waals surface area contributed by atoms with Gasteiger partial charge in [0.2, 0.25) is 0 Å². The highest BCUT2D eigenvalue weighted by atomic mass is 32.2. The number of piperidine rings is 1. The van der Waals surface area contributed by atoms with Crippen LogP contribution in [0.5, 0.6) is 0 Å². The van der Waals surface area contributed by atoms with Gasteiger partial charge in [-0.15, -0.1) is 0 Å². The highest BCUT2D eigenvalue weighted by Gasteiger charge is 2.28. The molecule has 0 aromatic heterocycles. The molecule has 1 amide bonds. The van der Waals surface area contributed by atoms with Crippen molar-refractivity contribution < 1.29 is 18.3 Å². The van der Waals surface area contributed by atoms with Crippen LogP contribution >= 0.6 is 0 Å². The van der Waals surface area contributed by atoms with Gasteiger partial charge in [-0.2, -0.15) is 0 Å². The maximum atomic E-state index is 12.4. The highest BCUT2D eigenvalue weighted by molar-refractivity contribution is 7.91. The zero-order chi connectivity index (χ0) is 17.2. The summed E-state index contributed by atoms with van der Waals surface area (Å²) in [5, 5.41) is 9.87. The van der Waals surface area contributed by atoms with Gasteiger partial charge in [-0.1, -0.05) is 6.92 Å². The number of rotatable bonds is 4. The quantitative estimate of drug-likeness (QED) is 0.840. The van der Waals surface area contributed by atoms with Crippen molar-refractivity contribution in [3.8, 4) is 0 Å². The third-order valence-corrected chi connectivity index (χ3v) is 5.27. The van der Waals surface area contributed by atoms with Crippen LogP contribution in [0.2, 0.25) is 0 Å². The van der Waals surface area contributed by atoms with Crippen molar-refractivity contribution in [2.75, 3.05) is 24.2 Å². The molecule has 6 nitrogen and oxygen atoms in total. The van der Waals surface area contributed by atoms with Crippen LogP contribution in [0, 0.1) is 0 Å². The molecule has 126 valence electrons. The van der Waals surface area contributed by atoms with Gasteiger partial charge >= 0.3 is 0 Å². The van der Waals surface area contributed by atoms with Crippen molar-refractivity contribution in [3.63, 3.8) is 0 Å². The number of carbonyl (C=O) groups excluding carboxylic acids is 1. The molecular weight excluding hydrogens is 316 g/mol. The van der Waals surface area contributed by atoms with Crippen LogP contribution in [-0.4, -0.2) is 51.6 Å². The number of aliphatic imine (C=N–C) groups is 1. The Morgan fingerprint density at radius 1 is 1.48 bits per heavy atom. The van der Waals surface area contributed by atoms with Crippen molar-refractivity contribution in [1.82, 2.24) is 0 Å². The summed E-state index contributed by atoms with van der Waals surface area (Å²) in [7, 11) is -3.54. The highest BCUT2D eigenvalue weighted by Crippen LogP contribution is 2.33. The van der Waals surface area contributed by atoms with Gasteiger partial charge in [0.1, 0.15) is 0 Å². The molecule has 23 heavy (non-hydrogen) atoms. The van der Waals surface area contributed by atoms with E-state index in [1.165, 1.54) is 0 Å². The summed E-state index contributed by atoms with van der Waals surface area (Å²) >= 11 is 0. The molecular formula is C16H22N2O4S. The van der Waals surface area contributed by atoms with E-state index >= 15 is 0 Å². The summed E-state index contributed by atoms with van der Waals surface area (Å²) in [6, 6.07) is 3.23. The fraction of sp³-hybridized carbons (Fsp3) is 0.500. The molecule has 7 heteroatoms. The lowest BCUT2D eigenvalue weighted by molar-refractivity contribution is 0.100. The smallest absolute Gasteiger partial charge is 0.276 e. The Kier molecular flexibility index (Phi) is 5.21. The minimum absolute atomic E-state index is 0.156. The summed E-state index contributed by atoms with van der Waals surface area (Å²) in [5.74, 6) is -0.531. The summed E-state index contributed by atoms with van der Waals surface area (Å²) in [6.45, 7) is 6.10. The summed E-state index contributed by atoms with van der Waals surface area (Å²) in [4.78, 5) is 17.4. The van der Waals surface area contributed by atoms with E-state index in [-0.39, 0.29) is 10.5 Å². The number of benzene rings is 1. The van der Waals surface area contributed by atoms with Crippen molar-refractivity contribution in [2.24, 2.45) is 4.99 Å². The Labute approximate surface area is 136 Å². The van der Waals surface area contributed by atoms with Gasteiger partial charge in [-0.25, -0.2) is 13.4 Å². The van der Waals surface area contributed by atoms with Crippen LogP contribution in [0.25, 0.3) is 0 Å². The van der Waals surface area contributed by atoms with Gasteiger partial charge in [0.05, 0.1) is 16.7 Å². The fourth-order valence-electron chi connectivity index (χ4n) is 3.09. The van der Waals surface area contributed by atoms with Crippen LogP contribution in [0.1, 0.15) is 35.7 Å².